The monoisotopic (exact) mass is 269 g/mol. The fourth-order valence-electron chi connectivity index (χ4n) is 2.02. The second kappa shape index (κ2) is 4.99. The van der Waals surface area contributed by atoms with Crippen LogP contribution in [0.25, 0.3) is 0 Å². The van der Waals surface area contributed by atoms with E-state index in [1.165, 1.54) is 10.0 Å². The van der Waals surface area contributed by atoms with Crippen molar-refractivity contribution in [1.29, 1.82) is 0 Å². The van der Waals surface area contributed by atoms with Crippen molar-refractivity contribution < 1.29 is 4.74 Å². The minimum absolute atomic E-state index is 0.573. The van der Waals surface area contributed by atoms with Crippen LogP contribution >= 0.6 is 15.9 Å². The van der Waals surface area contributed by atoms with Gasteiger partial charge in [-0.3, -0.25) is 0 Å². The number of halogens is 1. The molecule has 0 aromatic heterocycles. The summed E-state index contributed by atoms with van der Waals surface area (Å²) in [6.45, 7) is 5.03. The minimum Gasteiger partial charge on any atom is -0.493 e. The maximum absolute atomic E-state index is 5.66. The predicted octanol–water partition coefficient (Wildman–Crippen LogP) is 2.92. The van der Waals surface area contributed by atoms with Crippen molar-refractivity contribution in [3.63, 3.8) is 0 Å². The van der Waals surface area contributed by atoms with Crippen LogP contribution in [0.15, 0.2) is 22.7 Å². The van der Waals surface area contributed by atoms with Crippen LogP contribution in [-0.4, -0.2) is 19.7 Å². The third-order valence-electron chi connectivity index (χ3n) is 2.79. The van der Waals surface area contributed by atoms with Gasteiger partial charge >= 0.3 is 0 Å². The highest BCUT2D eigenvalue weighted by atomic mass is 79.9. The lowest BCUT2D eigenvalue weighted by Crippen LogP contribution is -2.26. The van der Waals surface area contributed by atoms with Gasteiger partial charge in [0.15, 0.2) is 0 Å². The van der Waals surface area contributed by atoms with Crippen molar-refractivity contribution in [2.24, 2.45) is 0 Å². The smallest absolute Gasteiger partial charge is 0.123 e. The Hall–Kier alpha value is -0.540. The lowest BCUT2D eigenvalue weighted by atomic mass is 9.93. The van der Waals surface area contributed by atoms with E-state index in [0.717, 1.165) is 31.9 Å². The first-order valence-electron chi connectivity index (χ1n) is 5.45. The average molecular weight is 270 g/mol. The van der Waals surface area contributed by atoms with Gasteiger partial charge in [-0.05, 0) is 25.1 Å². The second-order valence-electron chi connectivity index (χ2n) is 3.79. The minimum atomic E-state index is 0.573. The molecule has 1 heterocycles. The summed E-state index contributed by atoms with van der Waals surface area (Å²) in [6, 6.07) is 6.17. The first-order chi connectivity index (χ1) is 7.33. The van der Waals surface area contributed by atoms with Gasteiger partial charge < -0.3 is 10.1 Å². The first kappa shape index (κ1) is 11.0. The van der Waals surface area contributed by atoms with Crippen molar-refractivity contribution in [1.82, 2.24) is 5.32 Å². The number of nitrogens with one attached hydrogen (secondary N) is 1. The molecule has 1 aromatic carbocycles. The predicted molar refractivity (Wildman–Crippen MR) is 65.5 cm³/mol. The number of hydrogen-bond acceptors (Lipinski definition) is 2. The number of rotatable bonds is 3. The number of likely N-dealkylation sites (N-methyl/N-ethyl adjacent to an activating group) is 1. The summed E-state index contributed by atoms with van der Waals surface area (Å²) in [5.74, 6) is 1.61. The summed E-state index contributed by atoms with van der Waals surface area (Å²) in [5.41, 5.74) is 1.32. The Kier molecular flexibility index (Phi) is 3.65. The normalized spacial score (nSPS) is 19.5. The van der Waals surface area contributed by atoms with E-state index in [1.807, 2.05) is 6.07 Å². The Morgan fingerprint density at radius 2 is 2.40 bits per heavy atom. The van der Waals surface area contributed by atoms with Crippen LogP contribution in [0.2, 0.25) is 0 Å². The van der Waals surface area contributed by atoms with Crippen LogP contribution in [-0.2, 0) is 0 Å². The molecule has 1 aliphatic rings. The van der Waals surface area contributed by atoms with Crippen molar-refractivity contribution >= 4 is 15.9 Å². The Morgan fingerprint density at radius 1 is 1.53 bits per heavy atom. The molecule has 1 aliphatic heterocycles. The van der Waals surface area contributed by atoms with E-state index in [-0.39, 0.29) is 0 Å². The van der Waals surface area contributed by atoms with Gasteiger partial charge in [0.2, 0.25) is 0 Å². The largest absolute Gasteiger partial charge is 0.493 e. The molecule has 1 unspecified atom stereocenters. The molecule has 82 valence electrons. The van der Waals surface area contributed by atoms with E-state index < -0.39 is 0 Å². The van der Waals surface area contributed by atoms with E-state index in [4.69, 9.17) is 4.74 Å². The maximum atomic E-state index is 5.66. The Bertz CT molecular complexity index is 340. The number of fused-ring (bicyclic) bond motifs is 1. The van der Waals surface area contributed by atoms with Gasteiger partial charge in [-0.15, -0.1) is 0 Å². The third kappa shape index (κ3) is 2.34. The zero-order valence-corrected chi connectivity index (χ0v) is 10.5. The van der Waals surface area contributed by atoms with E-state index in [9.17, 15) is 0 Å². The molecule has 15 heavy (non-hydrogen) atoms. The molecule has 0 radical (unpaired) electrons. The molecule has 0 saturated heterocycles. The van der Waals surface area contributed by atoms with Crippen molar-refractivity contribution in [3.05, 3.63) is 28.2 Å². The number of ether oxygens (including phenoxy) is 1. The Morgan fingerprint density at radius 3 is 3.20 bits per heavy atom. The van der Waals surface area contributed by atoms with E-state index in [0.29, 0.717) is 5.92 Å². The molecule has 3 heteroatoms. The highest BCUT2D eigenvalue weighted by molar-refractivity contribution is 9.10. The summed E-state index contributed by atoms with van der Waals surface area (Å²) >= 11 is 3.61. The first-order valence-corrected chi connectivity index (χ1v) is 6.24. The van der Waals surface area contributed by atoms with Crippen molar-refractivity contribution in [2.75, 3.05) is 19.7 Å². The Labute approximate surface area is 99.1 Å². The van der Waals surface area contributed by atoms with Gasteiger partial charge in [0.1, 0.15) is 5.75 Å². The molecule has 0 amide bonds. The van der Waals surface area contributed by atoms with E-state index in [1.54, 1.807) is 0 Å². The molecular weight excluding hydrogens is 254 g/mol. The van der Waals surface area contributed by atoms with Crippen molar-refractivity contribution in [3.8, 4) is 5.75 Å². The fraction of sp³-hybridized carbons (Fsp3) is 0.500. The van der Waals surface area contributed by atoms with Gasteiger partial charge in [-0.1, -0.05) is 28.9 Å². The second-order valence-corrected chi connectivity index (χ2v) is 4.65. The number of hydrogen-bond donors (Lipinski definition) is 1. The summed E-state index contributed by atoms with van der Waals surface area (Å²) in [7, 11) is 0. The van der Waals surface area contributed by atoms with Crippen LogP contribution in [0.5, 0.6) is 5.75 Å². The molecule has 1 aromatic rings. The van der Waals surface area contributed by atoms with Gasteiger partial charge in [-0.25, -0.2) is 0 Å². The van der Waals surface area contributed by atoms with E-state index in [2.05, 4.69) is 40.3 Å². The Balaban J connectivity index is 2.24. The lowest BCUT2D eigenvalue weighted by Gasteiger charge is -2.27. The summed E-state index contributed by atoms with van der Waals surface area (Å²) in [6.07, 6.45) is 1.10. The summed E-state index contributed by atoms with van der Waals surface area (Å²) in [5, 5.41) is 3.41. The van der Waals surface area contributed by atoms with Crippen molar-refractivity contribution in [2.45, 2.75) is 19.3 Å². The molecule has 0 spiro atoms. The quantitative estimate of drug-likeness (QED) is 0.911. The molecular formula is C12H16BrNO. The molecule has 0 saturated carbocycles. The molecule has 2 nitrogen and oxygen atoms in total. The SMILES string of the molecule is CCNCC1CCOc2cccc(Br)c21. The van der Waals surface area contributed by atoms with Crippen LogP contribution in [0.3, 0.4) is 0 Å². The zero-order chi connectivity index (χ0) is 10.7. The molecule has 0 bridgehead atoms. The topological polar surface area (TPSA) is 21.3 Å². The molecule has 1 atom stereocenters. The average Bonchev–Trinajstić information content (AvgIpc) is 2.26. The molecule has 2 rings (SSSR count). The molecule has 0 aliphatic carbocycles. The molecule has 0 fully saturated rings. The molecule has 1 N–H and O–H groups in total. The standard InChI is InChI=1S/C12H16BrNO/c1-2-14-8-9-6-7-15-11-5-3-4-10(13)12(9)11/h3-5,9,14H,2,6-8H2,1H3. The van der Waals surface area contributed by atoms with E-state index >= 15 is 0 Å². The van der Waals surface area contributed by atoms with Gasteiger partial charge in [0.25, 0.3) is 0 Å². The highest BCUT2D eigenvalue weighted by Gasteiger charge is 2.22. The fourth-order valence-corrected chi connectivity index (χ4v) is 2.69. The van der Waals surface area contributed by atoms with Gasteiger partial charge in [-0.2, -0.15) is 0 Å². The highest BCUT2D eigenvalue weighted by Crippen LogP contribution is 2.38. The number of benzene rings is 1. The van der Waals surface area contributed by atoms with Crippen LogP contribution in [0.4, 0.5) is 0 Å². The third-order valence-corrected chi connectivity index (χ3v) is 3.48. The zero-order valence-electron chi connectivity index (χ0n) is 8.92. The summed E-state index contributed by atoms with van der Waals surface area (Å²) < 4.78 is 6.83. The van der Waals surface area contributed by atoms with Gasteiger partial charge in [0.05, 0.1) is 6.61 Å². The van der Waals surface area contributed by atoms with Gasteiger partial charge in [0, 0.05) is 22.5 Å². The summed E-state index contributed by atoms with van der Waals surface area (Å²) in [4.78, 5) is 0. The van der Waals surface area contributed by atoms with Crippen LogP contribution in [0, 0.1) is 0 Å². The maximum Gasteiger partial charge on any atom is 0.123 e. The van der Waals surface area contributed by atoms with Crippen LogP contribution < -0.4 is 10.1 Å². The van der Waals surface area contributed by atoms with Crippen LogP contribution in [0.1, 0.15) is 24.8 Å². The lowest BCUT2D eigenvalue weighted by molar-refractivity contribution is 0.264.